The predicted molar refractivity (Wildman–Crippen MR) is 53.1 cm³/mol. The van der Waals surface area contributed by atoms with Gasteiger partial charge in [0.1, 0.15) is 0 Å². The van der Waals surface area contributed by atoms with Crippen LogP contribution in [0.25, 0.3) is 0 Å². The number of hydrogen-bond acceptors (Lipinski definition) is 2. The summed E-state index contributed by atoms with van der Waals surface area (Å²) in [5.41, 5.74) is 3.08. The summed E-state index contributed by atoms with van der Waals surface area (Å²) in [7, 11) is 0. The first-order valence-corrected chi connectivity index (χ1v) is 4.90. The molecule has 3 nitrogen and oxygen atoms in total. The van der Waals surface area contributed by atoms with Gasteiger partial charge in [-0.2, -0.15) is 5.10 Å². The predicted octanol–water partition coefficient (Wildman–Crippen LogP) is 1.39. The van der Waals surface area contributed by atoms with Crippen LogP contribution in [-0.4, -0.2) is 28.2 Å². The van der Waals surface area contributed by atoms with Crippen LogP contribution < -0.4 is 0 Å². The minimum absolute atomic E-state index is 0.135. The third kappa shape index (κ3) is 2.32. The minimum atomic E-state index is -0.312. The number of rotatable bonds is 5. The molecule has 1 heterocycles. The standard InChI is InChI=1S/C10H17FN2O/c1-8-10(4-7-14)9(2)13(12-8)6-3-5-11/h14H,3-7H2,1-2H3. The molecule has 0 aromatic carbocycles. The van der Waals surface area contributed by atoms with Crippen LogP contribution in [0.1, 0.15) is 23.4 Å². The SMILES string of the molecule is Cc1nn(CCCF)c(C)c1CCO. The normalized spacial score (nSPS) is 10.9. The highest BCUT2D eigenvalue weighted by molar-refractivity contribution is 5.24. The molecule has 1 aromatic rings. The second kappa shape index (κ2) is 5.10. The Balaban J connectivity index is 2.81. The monoisotopic (exact) mass is 200 g/mol. The van der Waals surface area contributed by atoms with Gasteiger partial charge in [0.25, 0.3) is 0 Å². The van der Waals surface area contributed by atoms with Gasteiger partial charge in [-0.25, -0.2) is 0 Å². The molecule has 4 heteroatoms. The fourth-order valence-electron chi connectivity index (χ4n) is 1.63. The number of aromatic nitrogens is 2. The van der Waals surface area contributed by atoms with E-state index in [0.29, 0.717) is 19.4 Å². The van der Waals surface area contributed by atoms with Crippen LogP contribution in [-0.2, 0) is 13.0 Å². The van der Waals surface area contributed by atoms with Crippen LogP contribution in [0, 0.1) is 13.8 Å². The Bertz CT molecular complexity index is 297. The van der Waals surface area contributed by atoms with E-state index >= 15 is 0 Å². The number of nitrogens with zero attached hydrogens (tertiary/aromatic N) is 2. The third-order valence-electron chi connectivity index (χ3n) is 2.40. The van der Waals surface area contributed by atoms with E-state index in [0.717, 1.165) is 17.0 Å². The molecule has 0 atom stereocenters. The first-order valence-electron chi connectivity index (χ1n) is 4.90. The van der Waals surface area contributed by atoms with Crippen LogP contribution in [0.3, 0.4) is 0 Å². The summed E-state index contributed by atoms with van der Waals surface area (Å²) in [6.07, 6.45) is 1.13. The summed E-state index contributed by atoms with van der Waals surface area (Å²) in [6.45, 7) is 4.33. The molecule has 0 radical (unpaired) electrons. The summed E-state index contributed by atoms with van der Waals surface area (Å²) in [5, 5.41) is 13.2. The van der Waals surface area contributed by atoms with Crippen molar-refractivity contribution in [2.75, 3.05) is 13.3 Å². The van der Waals surface area contributed by atoms with Gasteiger partial charge in [0.2, 0.25) is 0 Å². The van der Waals surface area contributed by atoms with E-state index in [4.69, 9.17) is 5.11 Å². The Labute approximate surface area is 83.6 Å². The van der Waals surface area contributed by atoms with Gasteiger partial charge < -0.3 is 5.11 Å². The lowest BCUT2D eigenvalue weighted by atomic mass is 10.1. The number of hydrogen-bond donors (Lipinski definition) is 1. The van der Waals surface area contributed by atoms with Crippen LogP contribution in [0.5, 0.6) is 0 Å². The maximum atomic E-state index is 12.0. The highest BCUT2D eigenvalue weighted by atomic mass is 19.1. The average Bonchev–Trinajstić information content (AvgIpc) is 2.43. The lowest BCUT2D eigenvalue weighted by molar-refractivity contribution is 0.299. The van der Waals surface area contributed by atoms with Crippen molar-refractivity contribution in [2.45, 2.75) is 33.2 Å². The lowest BCUT2D eigenvalue weighted by Crippen LogP contribution is -2.04. The van der Waals surface area contributed by atoms with Crippen LogP contribution in [0.4, 0.5) is 4.39 Å². The number of aliphatic hydroxyl groups excluding tert-OH is 1. The lowest BCUT2D eigenvalue weighted by Gasteiger charge is -2.02. The largest absolute Gasteiger partial charge is 0.396 e. The Hall–Kier alpha value is -0.900. The molecule has 0 saturated carbocycles. The third-order valence-corrected chi connectivity index (χ3v) is 2.40. The van der Waals surface area contributed by atoms with Gasteiger partial charge in [-0.3, -0.25) is 9.07 Å². The first-order chi connectivity index (χ1) is 6.70. The van der Waals surface area contributed by atoms with Gasteiger partial charge in [0, 0.05) is 18.8 Å². The molecule has 14 heavy (non-hydrogen) atoms. The number of halogens is 1. The second-order valence-corrected chi connectivity index (χ2v) is 3.39. The average molecular weight is 200 g/mol. The van der Waals surface area contributed by atoms with Crippen molar-refractivity contribution in [2.24, 2.45) is 0 Å². The van der Waals surface area contributed by atoms with Gasteiger partial charge >= 0.3 is 0 Å². The van der Waals surface area contributed by atoms with Gasteiger partial charge in [-0.05, 0) is 32.3 Å². The topological polar surface area (TPSA) is 38.0 Å². The number of aliphatic hydroxyl groups is 1. The van der Waals surface area contributed by atoms with Crippen molar-refractivity contribution in [1.82, 2.24) is 9.78 Å². The van der Waals surface area contributed by atoms with Crippen molar-refractivity contribution in [3.05, 3.63) is 17.0 Å². The molecule has 1 rings (SSSR count). The van der Waals surface area contributed by atoms with Crippen molar-refractivity contribution in [3.8, 4) is 0 Å². The zero-order valence-electron chi connectivity index (χ0n) is 8.76. The molecular weight excluding hydrogens is 183 g/mol. The summed E-state index contributed by atoms with van der Waals surface area (Å²) >= 11 is 0. The van der Waals surface area contributed by atoms with E-state index < -0.39 is 0 Å². The molecule has 0 unspecified atom stereocenters. The van der Waals surface area contributed by atoms with E-state index in [1.807, 2.05) is 18.5 Å². The quantitative estimate of drug-likeness (QED) is 0.780. The van der Waals surface area contributed by atoms with Crippen molar-refractivity contribution in [1.29, 1.82) is 0 Å². The van der Waals surface area contributed by atoms with Crippen molar-refractivity contribution >= 4 is 0 Å². The molecule has 1 aromatic heterocycles. The summed E-state index contributed by atoms with van der Waals surface area (Å²) in [6, 6.07) is 0. The molecule has 0 amide bonds. The van der Waals surface area contributed by atoms with E-state index in [2.05, 4.69) is 5.10 Å². The van der Waals surface area contributed by atoms with E-state index in [9.17, 15) is 4.39 Å². The van der Waals surface area contributed by atoms with Crippen LogP contribution >= 0.6 is 0 Å². The van der Waals surface area contributed by atoms with Crippen LogP contribution in [0.2, 0.25) is 0 Å². The van der Waals surface area contributed by atoms with E-state index in [-0.39, 0.29) is 13.3 Å². The maximum Gasteiger partial charge on any atom is 0.0912 e. The van der Waals surface area contributed by atoms with Gasteiger partial charge in [-0.1, -0.05) is 0 Å². The number of alkyl halides is 1. The highest BCUT2D eigenvalue weighted by Gasteiger charge is 2.09. The molecule has 1 N–H and O–H groups in total. The number of aryl methyl sites for hydroxylation is 2. The maximum absolute atomic E-state index is 12.0. The van der Waals surface area contributed by atoms with Crippen molar-refractivity contribution < 1.29 is 9.50 Å². The molecule has 0 bridgehead atoms. The Kier molecular flexibility index (Phi) is 4.07. The summed E-state index contributed by atoms with van der Waals surface area (Å²) in [5.74, 6) is 0. The van der Waals surface area contributed by atoms with Gasteiger partial charge in [-0.15, -0.1) is 0 Å². The van der Waals surface area contributed by atoms with Crippen LogP contribution in [0.15, 0.2) is 0 Å². The fraction of sp³-hybridized carbons (Fsp3) is 0.700. The van der Waals surface area contributed by atoms with Gasteiger partial charge in [0.15, 0.2) is 0 Å². The Morgan fingerprint density at radius 2 is 2.14 bits per heavy atom. The van der Waals surface area contributed by atoms with E-state index in [1.165, 1.54) is 0 Å². The second-order valence-electron chi connectivity index (χ2n) is 3.39. The molecule has 0 aliphatic carbocycles. The Morgan fingerprint density at radius 3 is 2.71 bits per heavy atom. The fourth-order valence-corrected chi connectivity index (χ4v) is 1.63. The molecule has 0 spiro atoms. The molecule has 0 aliphatic heterocycles. The molecule has 0 saturated heterocycles. The Morgan fingerprint density at radius 1 is 1.43 bits per heavy atom. The highest BCUT2D eigenvalue weighted by Crippen LogP contribution is 2.13. The molecular formula is C10H17FN2O. The smallest absolute Gasteiger partial charge is 0.0912 e. The van der Waals surface area contributed by atoms with Crippen molar-refractivity contribution in [3.63, 3.8) is 0 Å². The first kappa shape index (κ1) is 11.2. The molecule has 80 valence electrons. The summed E-state index contributed by atoms with van der Waals surface area (Å²) in [4.78, 5) is 0. The van der Waals surface area contributed by atoms with E-state index in [1.54, 1.807) is 0 Å². The molecule has 0 aliphatic rings. The molecule has 0 fully saturated rings. The van der Waals surface area contributed by atoms with Gasteiger partial charge in [0.05, 0.1) is 12.4 Å². The summed E-state index contributed by atoms with van der Waals surface area (Å²) < 4.78 is 13.8. The zero-order chi connectivity index (χ0) is 10.6. The zero-order valence-corrected chi connectivity index (χ0v) is 8.76. The minimum Gasteiger partial charge on any atom is -0.396 e.